The quantitative estimate of drug-likeness (QED) is 0.816. The fourth-order valence-electron chi connectivity index (χ4n) is 3.48. The Morgan fingerprint density at radius 2 is 1.82 bits per heavy atom. The summed E-state index contributed by atoms with van der Waals surface area (Å²) in [6, 6.07) is 0.433. The molecule has 2 N–H and O–H groups in total. The molecular formula is C15H30N2. The monoisotopic (exact) mass is 238 g/mol. The highest BCUT2D eigenvalue weighted by atomic mass is 15.1. The van der Waals surface area contributed by atoms with E-state index < -0.39 is 0 Å². The van der Waals surface area contributed by atoms with Crippen molar-refractivity contribution < 1.29 is 0 Å². The molecule has 2 aliphatic carbocycles. The van der Waals surface area contributed by atoms with Crippen molar-refractivity contribution in [3.8, 4) is 0 Å². The van der Waals surface area contributed by atoms with Crippen molar-refractivity contribution in [2.24, 2.45) is 28.9 Å². The molecule has 4 unspecified atom stereocenters. The van der Waals surface area contributed by atoms with Gasteiger partial charge >= 0.3 is 0 Å². The Bertz CT molecular complexity index is 262. The van der Waals surface area contributed by atoms with Gasteiger partial charge < -0.3 is 10.6 Å². The number of hydrogen-bond acceptors (Lipinski definition) is 2. The summed E-state index contributed by atoms with van der Waals surface area (Å²) in [5.41, 5.74) is 6.80. The number of hydrogen-bond donors (Lipinski definition) is 1. The van der Waals surface area contributed by atoms with Gasteiger partial charge in [0.2, 0.25) is 0 Å². The Labute approximate surface area is 107 Å². The summed E-state index contributed by atoms with van der Waals surface area (Å²) in [7, 11) is 2.28. The third kappa shape index (κ3) is 3.69. The largest absolute Gasteiger partial charge is 0.327 e. The van der Waals surface area contributed by atoms with Crippen LogP contribution in [0.1, 0.15) is 46.5 Å². The van der Waals surface area contributed by atoms with Gasteiger partial charge in [0, 0.05) is 19.1 Å². The van der Waals surface area contributed by atoms with Gasteiger partial charge in [-0.25, -0.2) is 0 Å². The van der Waals surface area contributed by atoms with E-state index in [1.807, 2.05) is 0 Å². The molecule has 0 aliphatic heterocycles. The first-order chi connectivity index (χ1) is 7.87. The van der Waals surface area contributed by atoms with E-state index in [-0.39, 0.29) is 0 Å². The zero-order chi connectivity index (χ0) is 12.6. The van der Waals surface area contributed by atoms with Crippen LogP contribution in [0, 0.1) is 23.2 Å². The SMILES string of the molecule is CC1CC1CN(C)CC1CC(C)(C)CCC1N. The fraction of sp³-hybridized carbons (Fsp3) is 1.00. The highest BCUT2D eigenvalue weighted by molar-refractivity contribution is 4.90. The molecule has 2 rings (SSSR count). The Kier molecular flexibility index (Phi) is 3.84. The van der Waals surface area contributed by atoms with Crippen LogP contribution in [-0.4, -0.2) is 31.1 Å². The molecule has 0 radical (unpaired) electrons. The maximum Gasteiger partial charge on any atom is 0.00797 e. The molecule has 0 heterocycles. The van der Waals surface area contributed by atoms with Gasteiger partial charge in [0.15, 0.2) is 0 Å². The molecule has 2 aliphatic rings. The van der Waals surface area contributed by atoms with Gasteiger partial charge in [0.25, 0.3) is 0 Å². The van der Waals surface area contributed by atoms with Crippen molar-refractivity contribution in [1.82, 2.24) is 4.90 Å². The number of nitrogens with two attached hydrogens (primary N) is 1. The standard InChI is InChI=1S/C15H30N2/c1-11-7-12(11)9-17(4)10-13-8-15(2,3)6-5-14(13)16/h11-14H,5-10,16H2,1-4H3. The van der Waals surface area contributed by atoms with Crippen molar-refractivity contribution >= 4 is 0 Å². The van der Waals surface area contributed by atoms with E-state index in [0.717, 1.165) is 11.8 Å². The summed E-state index contributed by atoms with van der Waals surface area (Å²) in [6.07, 6.45) is 5.25. The average Bonchev–Trinajstić information content (AvgIpc) is 2.87. The molecule has 0 amide bonds. The summed E-state index contributed by atoms with van der Waals surface area (Å²) in [6.45, 7) is 9.65. The third-order valence-electron chi connectivity index (χ3n) is 4.94. The van der Waals surface area contributed by atoms with Gasteiger partial charge in [-0.1, -0.05) is 20.8 Å². The highest BCUT2D eigenvalue weighted by Crippen LogP contribution is 2.40. The molecule has 0 spiro atoms. The van der Waals surface area contributed by atoms with E-state index in [1.165, 1.54) is 38.8 Å². The normalized spacial score (nSPS) is 40.6. The van der Waals surface area contributed by atoms with E-state index in [9.17, 15) is 0 Å². The second-order valence-electron chi connectivity index (χ2n) is 7.53. The highest BCUT2D eigenvalue weighted by Gasteiger charge is 2.36. The molecule has 100 valence electrons. The smallest absolute Gasteiger partial charge is 0.00797 e. The molecule has 0 bridgehead atoms. The predicted molar refractivity (Wildman–Crippen MR) is 73.9 cm³/mol. The van der Waals surface area contributed by atoms with Crippen LogP contribution < -0.4 is 5.73 Å². The van der Waals surface area contributed by atoms with Crippen LogP contribution in [0.3, 0.4) is 0 Å². The van der Waals surface area contributed by atoms with E-state index in [1.54, 1.807) is 0 Å². The maximum atomic E-state index is 6.30. The minimum Gasteiger partial charge on any atom is -0.327 e. The summed E-state index contributed by atoms with van der Waals surface area (Å²) < 4.78 is 0. The van der Waals surface area contributed by atoms with Gasteiger partial charge in [-0.15, -0.1) is 0 Å². The first-order valence-electron chi connectivity index (χ1n) is 7.31. The van der Waals surface area contributed by atoms with Crippen LogP contribution >= 0.6 is 0 Å². The van der Waals surface area contributed by atoms with Crippen LogP contribution in [0.2, 0.25) is 0 Å². The number of nitrogens with zero attached hydrogens (tertiary/aromatic N) is 1. The first-order valence-corrected chi connectivity index (χ1v) is 7.31. The average molecular weight is 238 g/mol. The maximum absolute atomic E-state index is 6.30. The second-order valence-corrected chi connectivity index (χ2v) is 7.53. The molecule has 2 saturated carbocycles. The molecule has 0 aromatic carbocycles. The summed E-state index contributed by atoms with van der Waals surface area (Å²) in [5, 5.41) is 0. The van der Waals surface area contributed by atoms with E-state index in [0.29, 0.717) is 17.4 Å². The van der Waals surface area contributed by atoms with E-state index >= 15 is 0 Å². The summed E-state index contributed by atoms with van der Waals surface area (Å²) in [5.74, 6) is 2.64. The van der Waals surface area contributed by atoms with Gasteiger partial charge in [0.1, 0.15) is 0 Å². The lowest BCUT2D eigenvalue weighted by atomic mass is 9.70. The third-order valence-corrected chi connectivity index (χ3v) is 4.94. The predicted octanol–water partition coefficient (Wildman–Crippen LogP) is 2.73. The molecular weight excluding hydrogens is 208 g/mol. The van der Waals surface area contributed by atoms with Crippen molar-refractivity contribution in [2.75, 3.05) is 20.1 Å². The Morgan fingerprint density at radius 1 is 1.24 bits per heavy atom. The second kappa shape index (κ2) is 4.89. The van der Waals surface area contributed by atoms with Crippen LogP contribution in [0.25, 0.3) is 0 Å². The Morgan fingerprint density at radius 3 is 2.41 bits per heavy atom. The zero-order valence-corrected chi connectivity index (χ0v) is 12.1. The first kappa shape index (κ1) is 13.4. The topological polar surface area (TPSA) is 29.3 Å². The molecule has 2 fully saturated rings. The lowest BCUT2D eigenvalue weighted by Gasteiger charge is -2.40. The van der Waals surface area contributed by atoms with Gasteiger partial charge in [-0.2, -0.15) is 0 Å². The zero-order valence-electron chi connectivity index (χ0n) is 12.1. The molecule has 2 nitrogen and oxygen atoms in total. The minimum absolute atomic E-state index is 0.433. The number of rotatable bonds is 4. The lowest BCUT2D eigenvalue weighted by Crippen LogP contribution is -2.44. The van der Waals surface area contributed by atoms with Crippen LogP contribution in [0.15, 0.2) is 0 Å². The molecule has 2 heteroatoms. The van der Waals surface area contributed by atoms with Crippen molar-refractivity contribution in [1.29, 1.82) is 0 Å². The van der Waals surface area contributed by atoms with Crippen LogP contribution in [-0.2, 0) is 0 Å². The minimum atomic E-state index is 0.433. The van der Waals surface area contributed by atoms with Gasteiger partial charge in [-0.05, 0) is 55.9 Å². The summed E-state index contributed by atoms with van der Waals surface area (Å²) in [4.78, 5) is 2.53. The van der Waals surface area contributed by atoms with Crippen LogP contribution in [0.4, 0.5) is 0 Å². The van der Waals surface area contributed by atoms with Crippen LogP contribution in [0.5, 0.6) is 0 Å². The Hall–Kier alpha value is -0.0800. The Balaban J connectivity index is 1.79. The van der Waals surface area contributed by atoms with Crippen molar-refractivity contribution in [3.05, 3.63) is 0 Å². The summed E-state index contributed by atoms with van der Waals surface area (Å²) >= 11 is 0. The fourth-order valence-corrected chi connectivity index (χ4v) is 3.48. The van der Waals surface area contributed by atoms with E-state index in [2.05, 4.69) is 32.7 Å². The van der Waals surface area contributed by atoms with Crippen molar-refractivity contribution in [2.45, 2.75) is 52.5 Å². The molecule has 4 atom stereocenters. The van der Waals surface area contributed by atoms with Gasteiger partial charge in [0.05, 0.1) is 0 Å². The van der Waals surface area contributed by atoms with E-state index in [4.69, 9.17) is 5.73 Å². The van der Waals surface area contributed by atoms with Gasteiger partial charge in [-0.3, -0.25) is 0 Å². The molecule has 0 saturated heterocycles. The molecule has 0 aromatic heterocycles. The molecule has 17 heavy (non-hydrogen) atoms. The van der Waals surface area contributed by atoms with Crippen molar-refractivity contribution in [3.63, 3.8) is 0 Å². The molecule has 0 aromatic rings. The lowest BCUT2D eigenvalue weighted by molar-refractivity contribution is 0.123.